The van der Waals surface area contributed by atoms with Crippen LogP contribution >= 0.6 is 23.2 Å². The Kier molecular flexibility index (Phi) is 2.52. The molecule has 1 heterocycles. The molecule has 0 saturated carbocycles. The van der Waals surface area contributed by atoms with Gasteiger partial charge in [-0.25, -0.2) is 4.98 Å². The molecule has 0 saturated heterocycles. The van der Waals surface area contributed by atoms with Crippen molar-refractivity contribution >= 4 is 34.1 Å². The summed E-state index contributed by atoms with van der Waals surface area (Å²) in [5.41, 5.74) is 1.97. The molecule has 0 aliphatic carbocycles. The Morgan fingerprint density at radius 2 is 2.07 bits per heavy atom. The highest BCUT2D eigenvalue weighted by atomic mass is 35.5. The minimum absolute atomic E-state index is 0.241. The maximum atomic E-state index is 8.92. The largest absolute Gasteiger partial charge is 0.235 e. The normalized spacial score (nSPS) is 10.3. The summed E-state index contributed by atoms with van der Waals surface area (Å²) in [6.07, 6.45) is 0. The molecule has 1 aromatic heterocycles. The average Bonchev–Trinajstić information content (AvgIpc) is 2.20. The van der Waals surface area contributed by atoms with Crippen molar-refractivity contribution in [3.8, 4) is 6.07 Å². The van der Waals surface area contributed by atoms with Gasteiger partial charge < -0.3 is 0 Å². The molecule has 15 heavy (non-hydrogen) atoms. The van der Waals surface area contributed by atoms with Crippen molar-refractivity contribution in [2.75, 3.05) is 0 Å². The Bertz CT molecular complexity index is 585. The fourth-order valence-corrected chi connectivity index (χ4v) is 1.93. The molecule has 4 heteroatoms. The van der Waals surface area contributed by atoms with Crippen molar-refractivity contribution in [2.24, 2.45) is 0 Å². The van der Waals surface area contributed by atoms with Gasteiger partial charge in [0.05, 0.1) is 11.1 Å². The van der Waals surface area contributed by atoms with Gasteiger partial charge in [-0.2, -0.15) is 5.26 Å². The fraction of sp³-hybridized carbons (Fsp3) is 0.0909. The van der Waals surface area contributed by atoms with Gasteiger partial charge in [-0.1, -0.05) is 23.2 Å². The first kappa shape index (κ1) is 10.2. The van der Waals surface area contributed by atoms with E-state index in [1.54, 1.807) is 18.2 Å². The molecule has 2 rings (SSSR count). The van der Waals surface area contributed by atoms with Gasteiger partial charge in [0.1, 0.15) is 11.2 Å². The van der Waals surface area contributed by atoms with Gasteiger partial charge in [0, 0.05) is 10.4 Å². The van der Waals surface area contributed by atoms with Crippen LogP contribution in [0.4, 0.5) is 0 Å². The topological polar surface area (TPSA) is 36.7 Å². The standard InChI is InChI=1S/C11H6Cl2N2/c1-6-8-4-7(12)2-3-10(8)15-11(13)9(6)5-14/h2-4H,1H3. The van der Waals surface area contributed by atoms with Gasteiger partial charge in [-0.05, 0) is 30.7 Å². The Labute approximate surface area is 97.1 Å². The summed E-state index contributed by atoms with van der Waals surface area (Å²) in [6, 6.07) is 7.36. The van der Waals surface area contributed by atoms with E-state index in [0.717, 1.165) is 16.5 Å². The molecule has 2 aromatic rings. The predicted octanol–water partition coefficient (Wildman–Crippen LogP) is 3.72. The molecule has 0 aliphatic heterocycles. The van der Waals surface area contributed by atoms with Crippen LogP contribution in [0.1, 0.15) is 11.1 Å². The van der Waals surface area contributed by atoms with E-state index in [0.29, 0.717) is 10.6 Å². The van der Waals surface area contributed by atoms with Crippen LogP contribution in [0.25, 0.3) is 10.9 Å². The third kappa shape index (κ3) is 1.65. The number of aromatic nitrogens is 1. The second kappa shape index (κ2) is 3.69. The summed E-state index contributed by atoms with van der Waals surface area (Å²) in [7, 11) is 0. The molecule has 0 bridgehead atoms. The highest BCUT2D eigenvalue weighted by Crippen LogP contribution is 2.27. The van der Waals surface area contributed by atoms with Crippen LogP contribution in [0.3, 0.4) is 0 Å². The highest BCUT2D eigenvalue weighted by molar-refractivity contribution is 6.32. The minimum atomic E-state index is 0.241. The van der Waals surface area contributed by atoms with E-state index in [1.165, 1.54) is 0 Å². The number of rotatable bonds is 0. The van der Waals surface area contributed by atoms with E-state index in [-0.39, 0.29) is 5.15 Å². The summed E-state index contributed by atoms with van der Waals surface area (Å²) < 4.78 is 0. The summed E-state index contributed by atoms with van der Waals surface area (Å²) in [5, 5.41) is 10.6. The van der Waals surface area contributed by atoms with Crippen molar-refractivity contribution < 1.29 is 0 Å². The summed E-state index contributed by atoms with van der Waals surface area (Å²) in [6.45, 7) is 1.84. The fourth-order valence-electron chi connectivity index (χ4n) is 1.49. The van der Waals surface area contributed by atoms with Crippen LogP contribution in [0.15, 0.2) is 18.2 Å². The molecular formula is C11H6Cl2N2. The van der Waals surface area contributed by atoms with Gasteiger partial charge >= 0.3 is 0 Å². The smallest absolute Gasteiger partial charge is 0.147 e. The summed E-state index contributed by atoms with van der Waals surface area (Å²) >= 11 is 11.8. The van der Waals surface area contributed by atoms with Crippen molar-refractivity contribution in [3.05, 3.63) is 39.5 Å². The van der Waals surface area contributed by atoms with Crippen molar-refractivity contribution in [3.63, 3.8) is 0 Å². The first-order valence-electron chi connectivity index (χ1n) is 4.29. The average molecular weight is 237 g/mol. The monoisotopic (exact) mass is 236 g/mol. The minimum Gasteiger partial charge on any atom is -0.235 e. The lowest BCUT2D eigenvalue weighted by atomic mass is 10.1. The molecule has 0 fully saturated rings. The maximum absolute atomic E-state index is 8.92. The first-order valence-corrected chi connectivity index (χ1v) is 5.04. The Balaban J connectivity index is 2.94. The molecular weight excluding hydrogens is 231 g/mol. The van der Waals surface area contributed by atoms with Crippen molar-refractivity contribution in [1.82, 2.24) is 4.98 Å². The van der Waals surface area contributed by atoms with Crippen LogP contribution in [0.2, 0.25) is 10.2 Å². The molecule has 1 aromatic carbocycles. The van der Waals surface area contributed by atoms with Crippen LogP contribution < -0.4 is 0 Å². The molecule has 0 unspecified atom stereocenters. The lowest BCUT2D eigenvalue weighted by Crippen LogP contribution is -1.91. The highest BCUT2D eigenvalue weighted by Gasteiger charge is 2.10. The lowest BCUT2D eigenvalue weighted by Gasteiger charge is -2.05. The van der Waals surface area contributed by atoms with E-state index < -0.39 is 0 Å². The van der Waals surface area contributed by atoms with Crippen LogP contribution in [0, 0.1) is 18.3 Å². The number of aryl methyl sites for hydroxylation is 1. The molecule has 0 aliphatic rings. The van der Waals surface area contributed by atoms with Crippen LogP contribution in [0.5, 0.6) is 0 Å². The van der Waals surface area contributed by atoms with Crippen molar-refractivity contribution in [2.45, 2.75) is 6.92 Å². The van der Waals surface area contributed by atoms with E-state index in [9.17, 15) is 0 Å². The zero-order valence-electron chi connectivity index (χ0n) is 7.88. The molecule has 2 nitrogen and oxygen atoms in total. The molecule has 74 valence electrons. The molecule has 0 atom stereocenters. The Morgan fingerprint density at radius 1 is 1.33 bits per heavy atom. The SMILES string of the molecule is Cc1c(C#N)c(Cl)nc2ccc(Cl)cc12. The number of nitrogens with zero attached hydrogens (tertiary/aromatic N) is 2. The van der Waals surface area contributed by atoms with E-state index in [2.05, 4.69) is 4.98 Å². The Morgan fingerprint density at radius 3 is 2.73 bits per heavy atom. The first-order chi connectivity index (χ1) is 7.13. The molecule has 0 N–H and O–H groups in total. The predicted molar refractivity (Wildman–Crippen MR) is 61.2 cm³/mol. The number of halogens is 2. The number of nitriles is 1. The molecule has 0 amide bonds. The van der Waals surface area contributed by atoms with Crippen LogP contribution in [-0.4, -0.2) is 4.98 Å². The van der Waals surface area contributed by atoms with Gasteiger partial charge in [0.15, 0.2) is 0 Å². The van der Waals surface area contributed by atoms with Gasteiger partial charge in [-0.3, -0.25) is 0 Å². The maximum Gasteiger partial charge on any atom is 0.147 e. The Hall–Kier alpha value is -1.30. The number of hydrogen-bond acceptors (Lipinski definition) is 2. The van der Waals surface area contributed by atoms with E-state index >= 15 is 0 Å². The third-order valence-electron chi connectivity index (χ3n) is 2.27. The number of pyridine rings is 1. The van der Waals surface area contributed by atoms with Gasteiger partial charge in [-0.15, -0.1) is 0 Å². The van der Waals surface area contributed by atoms with Crippen LogP contribution in [-0.2, 0) is 0 Å². The van der Waals surface area contributed by atoms with E-state index in [1.807, 2.05) is 13.0 Å². The van der Waals surface area contributed by atoms with Gasteiger partial charge in [0.25, 0.3) is 0 Å². The second-order valence-electron chi connectivity index (χ2n) is 3.18. The summed E-state index contributed by atoms with van der Waals surface area (Å²) in [4.78, 5) is 4.13. The number of benzene rings is 1. The van der Waals surface area contributed by atoms with Crippen molar-refractivity contribution in [1.29, 1.82) is 5.26 Å². The zero-order chi connectivity index (χ0) is 11.0. The number of hydrogen-bond donors (Lipinski definition) is 0. The zero-order valence-corrected chi connectivity index (χ0v) is 9.39. The second-order valence-corrected chi connectivity index (χ2v) is 3.97. The quantitative estimate of drug-likeness (QED) is 0.654. The molecule has 0 radical (unpaired) electrons. The van der Waals surface area contributed by atoms with Gasteiger partial charge in [0.2, 0.25) is 0 Å². The third-order valence-corrected chi connectivity index (χ3v) is 2.78. The number of fused-ring (bicyclic) bond motifs is 1. The molecule has 0 spiro atoms. The van der Waals surface area contributed by atoms with E-state index in [4.69, 9.17) is 28.5 Å². The lowest BCUT2D eigenvalue weighted by molar-refractivity contribution is 1.32. The summed E-state index contributed by atoms with van der Waals surface area (Å²) in [5.74, 6) is 0.